The first-order valence-corrected chi connectivity index (χ1v) is 7.00. The average molecular weight is 291 g/mol. The van der Waals surface area contributed by atoms with E-state index < -0.39 is 0 Å². The fourth-order valence-electron chi connectivity index (χ4n) is 1.91. The smallest absolute Gasteiger partial charge is 0.253 e. The summed E-state index contributed by atoms with van der Waals surface area (Å²) in [5.41, 5.74) is 3.88. The van der Waals surface area contributed by atoms with Crippen molar-refractivity contribution in [1.29, 1.82) is 0 Å². The first-order chi connectivity index (χ1) is 9.51. The van der Waals surface area contributed by atoms with Gasteiger partial charge in [0.2, 0.25) is 0 Å². The Hall–Kier alpha value is -1.99. The van der Waals surface area contributed by atoms with Crippen molar-refractivity contribution in [3.8, 4) is 0 Å². The van der Waals surface area contributed by atoms with Crippen LogP contribution in [0.4, 0.5) is 5.82 Å². The zero-order valence-electron chi connectivity index (χ0n) is 11.6. The number of hydrogen-bond donors (Lipinski definition) is 3. The molecule has 2 aromatic heterocycles. The molecule has 7 heteroatoms. The fraction of sp³-hybridized carbons (Fsp3) is 0.308. The zero-order valence-corrected chi connectivity index (χ0v) is 12.4. The molecule has 0 bridgehead atoms. The van der Waals surface area contributed by atoms with E-state index in [0.29, 0.717) is 11.4 Å². The van der Waals surface area contributed by atoms with Gasteiger partial charge in [0, 0.05) is 11.1 Å². The number of pyridine rings is 1. The third-order valence-electron chi connectivity index (χ3n) is 2.85. The predicted octanol–water partition coefficient (Wildman–Crippen LogP) is 1.93. The molecule has 4 N–H and O–H groups in total. The molecular weight excluding hydrogens is 274 g/mol. The van der Waals surface area contributed by atoms with E-state index in [1.807, 2.05) is 20.8 Å². The third-order valence-corrected chi connectivity index (χ3v) is 4.11. The lowest BCUT2D eigenvalue weighted by molar-refractivity contribution is 0.0940. The highest BCUT2D eigenvalue weighted by molar-refractivity contribution is 7.11. The second kappa shape index (κ2) is 5.98. The maximum absolute atomic E-state index is 12.1. The van der Waals surface area contributed by atoms with Gasteiger partial charge in [-0.1, -0.05) is 0 Å². The Morgan fingerprint density at radius 2 is 2.15 bits per heavy atom. The van der Waals surface area contributed by atoms with Crippen molar-refractivity contribution in [2.45, 2.75) is 26.8 Å². The molecule has 6 nitrogen and oxygen atoms in total. The second-order valence-electron chi connectivity index (χ2n) is 4.45. The minimum absolute atomic E-state index is 0.0824. The monoisotopic (exact) mass is 291 g/mol. The number of hydrazine groups is 1. The third kappa shape index (κ3) is 3.12. The summed E-state index contributed by atoms with van der Waals surface area (Å²) < 4.78 is 0. The molecule has 0 spiro atoms. The number of nitrogens with two attached hydrogens (primary N) is 1. The van der Waals surface area contributed by atoms with Gasteiger partial charge in [0.05, 0.1) is 22.3 Å². The van der Waals surface area contributed by atoms with Crippen LogP contribution in [0.2, 0.25) is 0 Å². The van der Waals surface area contributed by atoms with Crippen molar-refractivity contribution in [2.75, 3.05) is 5.43 Å². The number of anilines is 1. The van der Waals surface area contributed by atoms with E-state index in [9.17, 15) is 4.79 Å². The molecular formula is C13H17N5OS. The maximum atomic E-state index is 12.1. The standard InChI is InChI=1S/C13H17N5OS/c1-7-12(20-9(3)16-7)8(2)17-13(19)10-4-5-11(18-14)15-6-10/h4-6,8H,14H2,1-3H3,(H,15,18)(H,17,19). The van der Waals surface area contributed by atoms with E-state index in [1.54, 1.807) is 23.5 Å². The van der Waals surface area contributed by atoms with Gasteiger partial charge in [0.15, 0.2) is 0 Å². The van der Waals surface area contributed by atoms with Gasteiger partial charge in [-0.05, 0) is 32.9 Å². The number of nitrogen functional groups attached to an aromatic ring is 1. The summed E-state index contributed by atoms with van der Waals surface area (Å²) in [6.45, 7) is 5.85. The predicted molar refractivity (Wildman–Crippen MR) is 79.5 cm³/mol. The van der Waals surface area contributed by atoms with Crippen LogP contribution in [-0.2, 0) is 0 Å². The molecule has 0 aliphatic rings. The molecule has 1 unspecified atom stereocenters. The van der Waals surface area contributed by atoms with Crippen LogP contribution in [0, 0.1) is 13.8 Å². The van der Waals surface area contributed by atoms with Crippen molar-refractivity contribution in [3.63, 3.8) is 0 Å². The van der Waals surface area contributed by atoms with Crippen molar-refractivity contribution in [1.82, 2.24) is 15.3 Å². The van der Waals surface area contributed by atoms with Crippen LogP contribution in [0.1, 0.15) is 38.9 Å². The number of hydrogen-bond acceptors (Lipinski definition) is 6. The van der Waals surface area contributed by atoms with E-state index in [4.69, 9.17) is 5.84 Å². The van der Waals surface area contributed by atoms with Gasteiger partial charge >= 0.3 is 0 Å². The van der Waals surface area contributed by atoms with Crippen molar-refractivity contribution >= 4 is 23.1 Å². The molecule has 2 aromatic rings. The van der Waals surface area contributed by atoms with Gasteiger partial charge in [-0.2, -0.15) is 0 Å². The van der Waals surface area contributed by atoms with Gasteiger partial charge in [-0.25, -0.2) is 15.8 Å². The molecule has 0 saturated heterocycles. The van der Waals surface area contributed by atoms with E-state index in [2.05, 4.69) is 20.7 Å². The Labute approximate surface area is 121 Å². The van der Waals surface area contributed by atoms with Crippen LogP contribution in [0.5, 0.6) is 0 Å². The highest BCUT2D eigenvalue weighted by Gasteiger charge is 2.16. The molecule has 0 aliphatic heterocycles. The minimum atomic E-state index is -0.168. The molecule has 0 saturated carbocycles. The Bertz CT molecular complexity index is 608. The van der Waals surface area contributed by atoms with Crippen molar-refractivity contribution < 1.29 is 4.79 Å². The van der Waals surface area contributed by atoms with Gasteiger partial charge in [0.25, 0.3) is 5.91 Å². The average Bonchev–Trinajstić information content (AvgIpc) is 2.78. The first kappa shape index (κ1) is 14.4. The number of carbonyl (C=O) groups is 1. The number of thiazole rings is 1. The topological polar surface area (TPSA) is 92.9 Å². The van der Waals surface area contributed by atoms with Gasteiger partial charge in [-0.3, -0.25) is 4.79 Å². The summed E-state index contributed by atoms with van der Waals surface area (Å²) in [5.74, 6) is 5.58. The quantitative estimate of drug-likeness (QED) is 0.591. The molecule has 0 aromatic carbocycles. The molecule has 2 rings (SSSR count). The number of aryl methyl sites for hydroxylation is 2. The zero-order chi connectivity index (χ0) is 14.7. The molecule has 1 atom stereocenters. The molecule has 20 heavy (non-hydrogen) atoms. The highest BCUT2D eigenvalue weighted by Crippen LogP contribution is 2.24. The maximum Gasteiger partial charge on any atom is 0.253 e. The lowest BCUT2D eigenvalue weighted by Crippen LogP contribution is -2.26. The first-order valence-electron chi connectivity index (χ1n) is 6.18. The summed E-state index contributed by atoms with van der Waals surface area (Å²) in [5, 5.41) is 3.94. The van der Waals surface area contributed by atoms with Crippen LogP contribution in [0.3, 0.4) is 0 Å². The summed E-state index contributed by atoms with van der Waals surface area (Å²) in [6, 6.07) is 3.25. The fourth-order valence-corrected chi connectivity index (χ4v) is 2.84. The molecule has 0 radical (unpaired) electrons. The molecule has 1 amide bonds. The Morgan fingerprint density at radius 1 is 1.40 bits per heavy atom. The normalized spacial score (nSPS) is 12.0. The van der Waals surface area contributed by atoms with Gasteiger partial charge in [0.1, 0.15) is 5.82 Å². The number of nitrogens with one attached hydrogen (secondary N) is 2. The number of amides is 1. The largest absolute Gasteiger partial charge is 0.345 e. The van der Waals surface area contributed by atoms with E-state index in [0.717, 1.165) is 15.6 Å². The number of carbonyl (C=O) groups excluding carboxylic acids is 1. The molecule has 0 fully saturated rings. The van der Waals surface area contributed by atoms with Crippen LogP contribution >= 0.6 is 11.3 Å². The molecule has 0 aliphatic carbocycles. The molecule has 106 valence electrons. The van der Waals surface area contributed by atoms with E-state index in [-0.39, 0.29) is 11.9 Å². The van der Waals surface area contributed by atoms with Crippen LogP contribution in [0.25, 0.3) is 0 Å². The van der Waals surface area contributed by atoms with Crippen molar-refractivity contribution in [2.24, 2.45) is 5.84 Å². The Kier molecular flexibility index (Phi) is 4.31. The van der Waals surface area contributed by atoms with E-state index >= 15 is 0 Å². The Morgan fingerprint density at radius 3 is 2.65 bits per heavy atom. The number of nitrogens with zero attached hydrogens (tertiary/aromatic N) is 2. The van der Waals surface area contributed by atoms with Crippen LogP contribution in [-0.4, -0.2) is 15.9 Å². The van der Waals surface area contributed by atoms with Crippen LogP contribution in [0.15, 0.2) is 18.3 Å². The van der Waals surface area contributed by atoms with Gasteiger partial charge in [-0.15, -0.1) is 11.3 Å². The lowest BCUT2D eigenvalue weighted by atomic mass is 10.2. The van der Waals surface area contributed by atoms with E-state index in [1.165, 1.54) is 6.20 Å². The summed E-state index contributed by atoms with van der Waals surface area (Å²) in [7, 11) is 0. The summed E-state index contributed by atoms with van der Waals surface area (Å²) in [4.78, 5) is 21.6. The summed E-state index contributed by atoms with van der Waals surface area (Å²) >= 11 is 1.60. The molecule has 2 heterocycles. The summed E-state index contributed by atoms with van der Waals surface area (Å²) in [6.07, 6.45) is 1.49. The Balaban J connectivity index is 2.08. The van der Waals surface area contributed by atoms with Crippen molar-refractivity contribution in [3.05, 3.63) is 39.5 Å². The van der Waals surface area contributed by atoms with Crippen LogP contribution < -0.4 is 16.6 Å². The SMILES string of the molecule is Cc1nc(C)c(C(C)NC(=O)c2ccc(NN)nc2)s1. The van der Waals surface area contributed by atoms with Gasteiger partial charge < -0.3 is 10.7 Å². The lowest BCUT2D eigenvalue weighted by Gasteiger charge is -2.13. The second-order valence-corrected chi connectivity index (χ2v) is 5.69. The number of rotatable bonds is 4. The number of aromatic nitrogens is 2. The minimum Gasteiger partial charge on any atom is -0.345 e. The highest BCUT2D eigenvalue weighted by atomic mass is 32.1.